The van der Waals surface area contributed by atoms with Crippen LogP contribution in [0.5, 0.6) is 0 Å². The van der Waals surface area contributed by atoms with Crippen LogP contribution >= 0.6 is 0 Å². The Kier molecular flexibility index (Phi) is 3.66. The molecule has 1 N–H and O–H groups in total. The van der Waals surface area contributed by atoms with Crippen molar-refractivity contribution in [2.45, 2.75) is 44.6 Å². The average molecular weight is 290 g/mol. The average Bonchev–Trinajstić information content (AvgIpc) is 2.68. The van der Waals surface area contributed by atoms with E-state index in [-0.39, 0.29) is 5.56 Å². The van der Waals surface area contributed by atoms with Crippen LogP contribution in [0.3, 0.4) is 0 Å². The topological polar surface area (TPSA) is 49.4 Å². The predicted octanol–water partition coefficient (Wildman–Crippen LogP) is 3.12. The van der Waals surface area contributed by atoms with Crippen LogP contribution in [0, 0.1) is 5.82 Å². The highest BCUT2D eigenvalue weighted by atomic mass is 19.1. The summed E-state index contributed by atoms with van der Waals surface area (Å²) in [6.45, 7) is 0. The maximum absolute atomic E-state index is 14.3. The summed E-state index contributed by atoms with van der Waals surface area (Å²) in [5, 5.41) is 2.50. The van der Waals surface area contributed by atoms with Gasteiger partial charge in [0, 0.05) is 13.1 Å². The summed E-state index contributed by atoms with van der Waals surface area (Å²) in [4.78, 5) is 24.9. The second-order valence-electron chi connectivity index (χ2n) is 5.89. The molecule has 1 aliphatic carbocycles. The van der Waals surface area contributed by atoms with Crippen molar-refractivity contribution in [2.24, 2.45) is 0 Å². The van der Waals surface area contributed by atoms with Gasteiger partial charge in [-0.1, -0.05) is 25.7 Å². The van der Waals surface area contributed by atoms with Crippen LogP contribution in [0.25, 0.3) is 0 Å². The fourth-order valence-corrected chi connectivity index (χ4v) is 3.27. The third-order valence-corrected chi connectivity index (χ3v) is 4.54. The fraction of sp³-hybridized carbons (Fsp3) is 0.500. The number of anilines is 2. The van der Waals surface area contributed by atoms with Crippen LogP contribution < -0.4 is 10.2 Å². The molecule has 5 heteroatoms. The van der Waals surface area contributed by atoms with Gasteiger partial charge in [-0.3, -0.25) is 9.59 Å². The Morgan fingerprint density at radius 1 is 1.14 bits per heavy atom. The Morgan fingerprint density at radius 3 is 2.48 bits per heavy atom. The molecule has 0 bridgehead atoms. The number of hydrogen-bond acceptors (Lipinski definition) is 3. The number of benzene rings is 1. The second kappa shape index (κ2) is 5.47. The SMILES string of the molecule is CN(c1cc2c(cc1F)C(=O)C(=O)N2)C1CCCCCC1. The summed E-state index contributed by atoms with van der Waals surface area (Å²) < 4.78 is 14.3. The molecule has 21 heavy (non-hydrogen) atoms. The number of nitrogens with zero attached hydrogens (tertiary/aromatic N) is 1. The Balaban J connectivity index is 1.90. The lowest BCUT2D eigenvalue weighted by atomic mass is 10.1. The van der Waals surface area contributed by atoms with Crippen LogP contribution in [0.1, 0.15) is 48.9 Å². The van der Waals surface area contributed by atoms with Gasteiger partial charge in [0.2, 0.25) is 0 Å². The van der Waals surface area contributed by atoms with Crippen molar-refractivity contribution in [3.05, 3.63) is 23.5 Å². The number of Topliss-reactive ketones (excluding diaryl/α,β-unsaturated/α-hetero) is 1. The molecule has 3 rings (SSSR count). The maximum atomic E-state index is 14.3. The molecule has 1 aromatic rings. The number of carbonyl (C=O) groups is 2. The van der Waals surface area contributed by atoms with Gasteiger partial charge in [0.15, 0.2) is 0 Å². The van der Waals surface area contributed by atoms with Gasteiger partial charge in [0.05, 0.1) is 16.9 Å². The molecule has 2 aliphatic rings. The lowest BCUT2D eigenvalue weighted by molar-refractivity contribution is -0.112. The van der Waals surface area contributed by atoms with Crippen molar-refractivity contribution in [2.75, 3.05) is 17.3 Å². The summed E-state index contributed by atoms with van der Waals surface area (Å²) in [5.74, 6) is -1.78. The minimum Gasteiger partial charge on any atom is -0.369 e. The Hall–Kier alpha value is -1.91. The molecule has 1 fully saturated rings. The van der Waals surface area contributed by atoms with Gasteiger partial charge in [-0.05, 0) is 25.0 Å². The third kappa shape index (κ3) is 2.52. The van der Waals surface area contributed by atoms with Gasteiger partial charge in [-0.25, -0.2) is 4.39 Å². The van der Waals surface area contributed by atoms with Crippen LogP contribution in [-0.4, -0.2) is 24.8 Å². The van der Waals surface area contributed by atoms with E-state index in [9.17, 15) is 14.0 Å². The normalized spacial score (nSPS) is 19.1. The molecule has 0 spiro atoms. The highest BCUT2D eigenvalue weighted by Crippen LogP contribution is 2.33. The van der Waals surface area contributed by atoms with E-state index < -0.39 is 17.5 Å². The maximum Gasteiger partial charge on any atom is 0.296 e. The molecule has 1 amide bonds. The van der Waals surface area contributed by atoms with Crippen molar-refractivity contribution in [3.63, 3.8) is 0 Å². The van der Waals surface area contributed by atoms with Crippen molar-refractivity contribution in [3.8, 4) is 0 Å². The zero-order valence-corrected chi connectivity index (χ0v) is 12.1. The first-order valence-electron chi connectivity index (χ1n) is 7.50. The minimum absolute atomic E-state index is 0.135. The highest BCUT2D eigenvalue weighted by molar-refractivity contribution is 6.51. The number of rotatable bonds is 2. The summed E-state index contributed by atoms with van der Waals surface area (Å²) in [5.41, 5.74) is 1.01. The van der Waals surface area contributed by atoms with Crippen molar-refractivity contribution < 1.29 is 14.0 Å². The summed E-state index contributed by atoms with van der Waals surface area (Å²) in [6, 6.07) is 3.07. The Morgan fingerprint density at radius 2 is 1.81 bits per heavy atom. The molecule has 1 saturated carbocycles. The van der Waals surface area contributed by atoms with E-state index >= 15 is 0 Å². The molecule has 1 aliphatic heterocycles. The largest absolute Gasteiger partial charge is 0.369 e. The summed E-state index contributed by atoms with van der Waals surface area (Å²) in [6.07, 6.45) is 6.91. The number of nitrogens with one attached hydrogen (secondary N) is 1. The number of amides is 1. The van der Waals surface area contributed by atoms with E-state index in [1.807, 2.05) is 11.9 Å². The minimum atomic E-state index is -0.682. The van der Waals surface area contributed by atoms with Gasteiger partial charge in [0.1, 0.15) is 5.82 Å². The van der Waals surface area contributed by atoms with E-state index in [0.717, 1.165) is 25.7 Å². The Bertz CT molecular complexity index is 592. The van der Waals surface area contributed by atoms with E-state index in [0.29, 0.717) is 17.4 Å². The van der Waals surface area contributed by atoms with Crippen molar-refractivity contribution in [1.82, 2.24) is 0 Å². The van der Waals surface area contributed by atoms with E-state index in [4.69, 9.17) is 0 Å². The fourth-order valence-electron chi connectivity index (χ4n) is 3.27. The molecule has 1 heterocycles. The summed E-state index contributed by atoms with van der Waals surface area (Å²) >= 11 is 0. The Labute approximate surface area is 123 Å². The number of hydrogen-bond donors (Lipinski definition) is 1. The van der Waals surface area contributed by atoms with Gasteiger partial charge in [-0.15, -0.1) is 0 Å². The zero-order valence-electron chi connectivity index (χ0n) is 12.1. The quantitative estimate of drug-likeness (QED) is 0.672. The number of fused-ring (bicyclic) bond motifs is 1. The monoisotopic (exact) mass is 290 g/mol. The highest BCUT2D eigenvalue weighted by Gasteiger charge is 2.30. The number of carbonyl (C=O) groups excluding carboxylic acids is 2. The molecule has 112 valence electrons. The van der Waals surface area contributed by atoms with Gasteiger partial charge in [0.25, 0.3) is 11.7 Å². The molecule has 0 atom stereocenters. The first kappa shape index (κ1) is 14.0. The lowest BCUT2D eigenvalue weighted by Gasteiger charge is -2.30. The van der Waals surface area contributed by atoms with Gasteiger partial charge < -0.3 is 10.2 Å². The zero-order chi connectivity index (χ0) is 15.0. The molecule has 0 aromatic heterocycles. The number of ketones is 1. The molecule has 0 unspecified atom stereocenters. The van der Waals surface area contributed by atoms with Crippen LogP contribution in [0.2, 0.25) is 0 Å². The second-order valence-corrected chi connectivity index (χ2v) is 5.89. The van der Waals surface area contributed by atoms with E-state index in [1.54, 1.807) is 6.07 Å². The van der Waals surface area contributed by atoms with E-state index in [1.165, 1.54) is 18.9 Å². The van der Waals surface area contributed by atoms with Crippen molar-refractivity contribution >= 4 is 23.1 Å². The third-order valence-electron chi connectivity index (χ3n) is 4.54. The van der Waals surface area contributed by atoms with E-state index in [2.05, 4.69) is 5.32 Å². The van der Waals surface area contributed by atoms with Gasteiger partial charge in [-0.2, -0.15) is 0 Å². The number of halogens is 1. The van der Waals surface area contributed by atoms with Crippen molar-refractivity contribution in [1.29, 1.82) is 0 Å². The summed E-state index contributed by atoms with van der Waals surface area (Å²) in [7, 11) is 1.89. The van der Waals surface area contributed by atoms with Gasteiger partial charge >= 0.3 is 0 Å². The molecule has 4 nitrogen and oxygen atoms in total. The first-order valence-corrected chi connectivity index (χ1v) is 7.50. The first-order chi connectivity index (χ1) is 10.1. The molecule has 0 saturated heterocycles. The molecular formula is C16H19FN2O2. The molecule has 0 radical (unpaired) electrons. The van der Waals surface area contributed by atoms with Crippen LogP contribution in [0.4, 0.5) is 15.8 Å². The smallest absolute Gasteiger partial charge is 0.296 e. The predicted molar refractivity (Wildman–Crippen MR) is 79.3 cm³/mol. The molecular weight excluding hydrogens is 271 g/mol. The van der Waals surface area contributed by atoms with Crippen LogP contribution in [0.15, 0.2) is 12.1 Å². The van der Waals surface area contributed by atoms with Crippen LogP contribution in [-0.2, 0) is 4.79 Å². The lowest BCUT2D eigenvalue weighted by Crippen LogP contribution is -2.31. The standard InChI is InChI=1S/C16H19FN2O2/c1-19(10-6-4-2-3-5-7-10)14-9-13-11(8-12(14)17)15(20)16(21)18-13/h8-10H,2-7H2,1H3,(H,18,20,21). The molecule has 1 aromatic carbocycles.